The van der Waals surface area contributed by atoms with Crippen LogP contribution in [0, 0.1) is 0 Å². The van der Waals surface area contributed by atoms with E-state index in [1.54, 1.807) is 17.1 Å². The molecule has 0 aromatic carbocycles. The van der Waals surface area contributed by atoms with Crippen molar-refractivity contribution in [1.29, 1.82) is 0 Å². The first-order chi connectivity index (χ1) is 7.37. The molecule has 0 amide bonds. The molecule has 6 heteroatoms. The molecule has 16 heavy (non-hydrogen) atoms. The van der Waals surface area contributed by atoms with Gasteiger partial charge in [0.15, 0.2) is 0 Å². The standard InChI is InChI=1S/C10H16N2O3S/c1-4-12-6-8(5-11-12)7-16(15)10(2,3)9(13)14/h5-6H,4,7H2,1-3H3,(H,13,14). The van der Waals surface area contributed by atoms with Gasteiger partial charge in [0.25, 0.3) is 0 Å². The van der Waals surface area contributed by atoms with Gasteiger partial charge >= 0.3 is 5.97 Å². The van der Waals surface area contributed by atoms with Gasteiger partial charge in [-0.05, 0) is 20.8 Å². The van der Waals surface area contributed by atoms with Crippen molar-refractivity contribution in [3.05, 3.63) is 18.0 Å². The highest BCUT2D eigenvalue weighted by Crippen LogP contribution is 2.17. The van der Waals surface area contributed by atoms with E-state index < -0.39 is 21.5 Å². The van der Waals surface area contributed by atoms with Crippen LogP contribution in [-0.2, 0) is 27.9 Å². The summed E-state index contributed by atoms with van der Waals surface area (Å²) in [7, 11) is -1.45. The molecule has 0 aliphatic carbocycles. The highest BCUT2D eigenvalue weighted by molar-refractivity contribution is 7.86. The molecule has 1 rings (SSSR count). The second-order valence-corrected chi connectivity index (χ2v) is 6.01. The topological polar surface area (TPSA) is 72.2 Å². The summed E-state index contributed by atoms with van der Waals surface area (Å²) >= 11 is 0. The van der Waals surface area contributed by atoms with E-state index in [9.17, 15) is 9.00 Å². The maximum Gasteiger partial charge on any atom is 0.321 e. The van der Waals surface area contributed by atoms with Gasteiger partial charge in [0.2, 0.25) is 0 Å². The Morgan fingerprint density at radius 2 is 2.25 bits per heavy atom. The number of carbonyl (C=O) groups is 1. The highest BCUT2D eigenvalue weighted by Gasteiger charge is 2.34. The van der Waals surface area contributed by atoms with Crippen LogP contribution in [-0.4, -0.2) is 29.8 Å². The molecule has 0 saturated heterocycles. The zero-order valence-electron chi connectivity index (χ0n) is 9.64. The number of aliphatic carboxylic acids is 1. The van der Waals surface area contributed by atoms with Crippen LogP contribution in [0.3, 0.4) is 0 Å². The number of rotatable bonds is 5. The van der Waals surface area contributed by atoms with Crippen LogP contribution in [0.2, 0.25) is 0 Å². The van der Waals surface area contributed by atoms with Crippen LogP contribution >= 0.6 is 0 Å². The van der Waals surface area contributed by atoms with Gasteiger partial charge in [-0.15, -0.1) is 0 Å². The van der Waals surface area contributed by atoms with E-state index in [1.807, 2.05) is 6.92 Å². The van der Waals surface area contributed by atoms with Gasteiger partial charge in [-0.2, -0.15) is 5.10 Å². The van der Waals surface area contributed by atoms with Crippen LogP contribution in [0.25, 0.3) is 0 Å². The predicted molar refractivity (Wildman–Crippen MR) is 61.5 cm³/mol. The van der Waals surface area contributed by atoms with Crippen molar-refractivity contribution in [2.45, 2.75) is 37.8 Å². The molecule has 90 valence electrons. The van der Waals surface area contributed by atoms with Crippen LogP contribution in [0.15, 0.2) is 12.4 Å². The average Bonchev–Trinajstić information content (AvgIpc) is 2.65. The molecule has 0 bridgehead atoms. The summed E-state index contributed by atoms with van der Waals surface area (Å²) in [5.74, 6) is -0.826. The normalized spacial score (nSPS) is 13.7. The van der Waals surface area contributed by atoms with Gasteiger partial charge in [-0.1, -0.05) is 0 Å². The zero-order chi connectivity index (χ0) is 12.3. The average molecular weight is 244 g/mol. The van der Waals surface area contributed by atoms with Crippen LogP contribution in [0.4, 0.5) is 0 Å². The lowest BCUT2D eigenvalue weighted by Gasteiger charge is -2.17. The van der Waals surface area contributed by atoms with Gasteiger partial charge in [0.1, 0.15) is 4.75 Å². The van der Waals surface area contributed by atoms with Gasteiger partial charge in [-0.25, -0.2) is 0 Å². The molecule has 1 atom stereocenters. The zero-order valence-corrected chi connectivity index (χ0v) is 10.5. The maximum absolute atomic E-state index is 11.9. The van der Waals surface area contributed by atoms with Crippen molar-refractivity contribution in [2.75, 3.05) is 0 Å². The van der Waals surface area contributed by atoms with Crippen molar-refractivity contribution < 1.29 is 14.1 Å². The lowest BCUT2D eigenvalue weighted by molar-refractivity contribution is -0.139. The second kappa shape index (κ2) is 4.78. The van der Waals surface area contributed by atoms with E-state index in [4.69, 9.17) is 5.11 Å². The van der Waals surface area contributed by atoms with E-state index in [2.05, 4.69) is 5.10 Å². The molecule has 1 aromatic rings. The quantitative estimate of drug-likeness (QED) is 0.839. The molecule has 1 heterocycles. The molecule has 0 radical (unpaired) electrons. The molecule has 1 aromatic heterocycles. The number of hydrogen-bond donors (Lipinski definition) is 1. The Labute approximate surface area is 96.9 Å². The lowest BCUT2D eigenvalue weighted by Crippen LogP contribution is -2.37. The van der Waals surface area contributed by atoms with E-state index >= 15 is 0 Å². The molecular formula is C10H16N2O3S. The molecule has 1 N–H and O–H groups in total. The first kappa shape index (κ1) is 12.9. The van der Waals surface area contributed by atoms with Gasteiger partial charge in [-0.3, -0.25) is 13.7 Å². The Kier molecular flexibility index (Phi) is 3.85. The van der Waals surface area contributed by atoms with Crippen molar-refractivity contribution in [1.82, 2.24) is 9.78 Å². The lowest BCUT2D eigenvalue weighted by atomic mass is 10.2. The Bertz CT molecular complexity index is 412. The van der Waals surface area contributed by atoms with E-state index in [0.717, 1.165) is 12.1 Å². The molecule has 1 unspecified atom stereocenters. The van der Waals surface area contributed by atoms with Crippen LogP contribution in [0.1, 0.15) is 26.3 Å². The smallest absolute Gasteiger partial charge is 0.321 e. The van der Waals surface area contributed by atoms with E-state index in [-0.39, 0.29) is 5.75 Å². The monoisotopic (exact) mass is 244 g/mol. The van der Waals surface area contributed by atoms with Crippen molar-refractivity contribution in [3.8, 4) is 0 Å². The minimum atomic E-state index is -1.45. The van der Waals surface area contributed by atoms with Gasteiger partial charge in [0.05, 0.1) is 11.9 Å². The summed E-state index contributed by atoms with van der Waals surface area (Å²) in [5, 5.41) is 13.0. The van der Waals surface area contributed by atoms with Crippen molar-refractivity contribution in [3.63, 3.8) is 0 Å². The molecule has 0 aliphatic rings. The Morgan fingerprint density at radius 3 is 2.69 bits per heavy atom. The SMILES string of the molecule is CCn1cc(CS(=O)C(C)(C)C(=O)O)cn1. The Hall–Kier alpha value is -1.17. The molecule has 5 nitrogen and oxygen atoms in total. The summed E-state index contributed by atoms with van der Waals surface area (Å²) < 4.78 is 12.4. The molecule has 0 spiro atoms. The summed E-state index contributed by atoms with van der Waals surface area (Å²) in [6.45, 7) is 5.63. The third-order valence-corrected chi connectivity index (χ3v) is 4.30. The highest BCUT2D eigenvalue weighted by atomic mass is 32.2. The van der Waals surface area contributed by atoms with Gasteiger partial charge < -0.3 is 5.11 Å². The van der Waals surface area contributed by atoms with Crippen molar-refractivity contribution in [2.24, 2.45) is 0 Å². The van der Waals surface area contributed by atoms with Crippen LogP contribution < -0.4 is 0 Å². The Morgan fingerprint density at radius 1 is 1.62 bits per heavy atom. The molecular weight excluding hydrogens is 228 g/mol. The number of nitrogens with zero attached hydrogens (tertiary/aromatic N) is 2. The van der Waals surface area contributed by atoms with E-state index in [1.165, 1.54) is 13.8 Å². The first-order valence-corrected chi connectivity index (χ1v) is 6.33. The number of carboxylic acids is 1. The third kappa shape index (κ3) is 2.69. The molecule has 0 fully saturated rings. The van der Waals surface area contributed by atoms with Crippen molar-refractivity contribution >= 4 is 16.8 Å². The van der Waals surface area contributed by atoms with Gasteiger partial charge in [0, 0.05) is 29.1 Å². The summed E-state index contributed by atoms with van der Waals surface area (Å²) in [4.78, 5) is 10.9. The van der Waals surface area contributed by atoms with E-state index in [0.29, 0.717) is 0 Å². The number of aryl methyl sites for hydroxylation is 1. The summed E-state index contributed by atoms with van der Waals surface area (Å²) in [5.41, 5.74) is 0.800. The molecule has 0 aliphatic heterocycles. The second-order valence-electron chi connectivity index (χ2n) is 4.01. The molecule has 0 saturated carbocycles. The largest absolute Gasteiger partial charge is 0.480 e. The van der Waals surface area contributed by atoms with Crippen LogP contribution in [0.5, 0.6) is 0 Å². The predicted octanol–water partition coefficient (Wildman–Crippen LogP) is 1.01. The number of hydrogen-bond acceptors (Lipinski definition) is 3. The third-order valence-electron chi connectivity index (χ3n) is 2.39. The fraction of sp³-hybridized carbons (Fsp3) is 0.600. The number of aromatic nitrogens is 2. The number of carboxylic acid groups (broad SMARTS) is 1. The Balaban J connectivity index is 2.75. The fourth-order valence-electron chi connectivity index (χ4n) is 1.08. The first-order valence-electron chi connectivity index (χ1n) is 5.01. The summed E-state index contributed by atoms with van der Waals surface area (Å²) in [6.07, 6.45) is 3.41. The fourth-order valence-corrected chi connectivity index (χ4v) is 2.09. The maximum atomic E-state index is 11.9. The minimum absolute atomic E-state index is 0.222. The summed E-state index contributed by atoms with van der Waals surface area (Å²) in [6, 6.07) is 0. The minimum Gasteiger partial charge on any atom is -0.480 e.